The normalized spacial score (nSPS) is 14.8. The van der Waals surface area contributed by atoms with Crippen molar-refractivity contribution in [3.63, 3.8) is 0 Å². The van der Waals surface area contributed by atoms with Crippen molar-refractivity contribution in [1.82, 2.24) is 24.9 Å². The average Bonchev–Trinajstić information content (AvgIpc) is 3.53. The maximum absolute atomic E-state index is 14.5. The molecule has 2 N–H and O–H groups in total. The van der Waals surface area contributed by atoms with Crippen LogP contribution >= 0.6 is 23.2 Å². The minimum atomic E-state index is -1.00. The summed E-state index contributed by atoms with van der Waals surface area (Å²) in [6, 6.07) is 12.6. The summed E-state index contributed by atoms with van der Waals surface area (Å²) in [5.41, 5.74) is 2.81. The molecule has 230 valence electrons. The van der Waals surface area contributed by atoms with Gasteiger partial charge in [0.2, 0.25) is 0 Å². The number of anilines is 3. The highest BCUT2D eigenvalue weighted by Crippen LogP contribution is 2.38. The Morgan fingerprint density at radius 1 is 1.02 bits per heavy atom. The van der Waals surface area contributed by atoms with Crippen LogP contribution in [0.1, 0.15) is 48.7 Å². The summed E-state index contributed by atoms with van der Waals surface area (Å²) in [6.45, 7) is 5.03. The van der Waals surface area contributed by atoms with Crippen molar-refractivity contribution in [3.8, 4) is 6.07 Å². The Morgan fingerprint density at radius 3 is 2.51 bits per heavy atom. The van der Waals surface area contributed by atoms with E-state index in [9.17, 15) is 18.4 Å². The van der Waals surface area contributed by atoms with Crippen LogP contribution < -0.4 is 10.6 Å². The van der Waals surface area contributed by atoms with Gasteiger partial charge in [0, 0.05) is 35.4 Å². The number of aromatic nitrogens is 4. The zero-order valence-corrected chi connectivity index (χ0v) is 25.5. The molecule has 0 bridgehead atoms. The molecule has 1 saturated heterocycles. The highest BCUT2D eigenvalue weighted by Gasteiger charge is 2.25. The number of halogens is 5. The van der Waals surface area contributed by atoms with Gasteiger partial charge in [-0.1, -0.05) is 41.4 Å². The highest BCUT2D eigenvalue weighted by molar-refractivity contribution is 6.32. The third-order valence-electron chi connectivity index (χ3n) is 8.02. The molecule has 1 aliphatic rings. The van der Waals surface area contributed by atoms with Crippen molar-refractivity contribution in [2.75, 3.05) is 30.3 Å². The molecule has 8 nitrogen and oxygen atoms in total. The lowest BCUT2D eigenvalue weighted by Gasteiger charge is -2.30. The molecule has 1 unspecified atom stereocenters. The Morgan fingerprint density at radius 2 is 1.80 bits per heavy atom. The van der Waals surface area contributed by atoms with E-state index in [1.807, 2.05) is 10.9 Å². The summed E-state index contributed by atoms with van der Waals surface area (Å²) >= 11 is 12.6. The Kier molecular flexibility index (Phi) is 8.81. The number of rotatable bonds is 8. The Labute approximate surface area is 267 Å². The molecule has 0 aliphatic carbocycles. The van der Waals surface area contributed by atoms with Crippen LogP contribution in [-0.4, -0.2) is 44.5 Å². The molecule has 1 atom stereocenters. The van der Waals surface area contributed by atoms with E-state index >= 15 is 0 Å². The molecule has 1 fully saturated rings. The van der Waals surface area contributed by atoms with Crippen LogP contribution in [0.5, 0.6) is 0 Å². The van der Waals surface area contributed by atoms with Crippen molar-refractivity contribution in [2.24, 2.45) is 0 Å². The van der Waals surface area contributed by atoms with Gasteiger partial charge in [-0.3, -0.25) is 4.98 Å². The molecule has 2 aromatic heterocycles. The van der Waals surface area contributed by atoms with Gasteiger partial charge >= 0.3 is 0 Å². The van der Waals surface area contributed by atoms with Gasteiger partial charge in [-0.25, -0.2) is 17.9 Å². The van der Waals surface area contributed by atoms with E-state index in [1.54, 1.807) is 12.1 Å². The molecule has 0 amide bonds. The van der Waals surface area contributed by atoms with Crippen molar-refractivity contribution in [1.29, 1.82) is 5.26 Å². The molecular formula is C32H27Cl2F3N8. The monoisotopic (exact) mass is 650 g/mol. The molecule has 0 spiro atoms. The van der Waals surface area contributed by atoms with Crippen LogP contribution in [0.2, 0.25) is 10.0 Å². The van der Waals surface area contributed by atoms with Gasteiger partial charge < -0.3 is 15.5 Å². The number of pyridine rings is 1. The van der Waals surface area contributed by atoms with E-state index in [-0.39, 0.29) is 16.6 Å². The molecular weight excluding hydrogens is 624 g/mol. The number of hydrogen-bond acceptors (Lipinski definition) is 7. The van der Waals surface area contributed by atoms with Crippen molar-refractivity contribution >= 4 is 51.2 Å². The molecule has 5 aromatic rings. The minimum absolute atomic E-state index is 0.0874. The quantitative estimate of drug-likeness (QED) is 0.176. The molecule has 45 heavy (non-hydrogen) atoms. The second-order valence-corrected chi connectivity index (χ2v) is 11.6. The van der Waals surface area contributed by atoms with Gasteiger partial charge in [-0.05, 0) is 67.4 Å². The van der Waals surface area contributed by atoms with Crippen LogP contribution in [-0.2, 0) is 0 Å². The zero-order chi connectivity index (χ0) is 31.7. The number of hydrogen-bond donors (Lipinski definition) is 2. The van der Waals surface area contributed by atoms with E-state index in [1.165, 1.54) is 30.5 Å². The summed E-state index contributed by atoms with van der Waals surface area (Å²) in [5, 5.41) is 26.0. The van der Waals surface area contributed by atoms with Gasteiger partial charge in [-0.15, -0.1) is 5.10 Å². The van der Waals surface area contributed by atoms with Crippen LogP contribution in [0.3, 0.4) is 0 Å². The van der Waals surface area contributed by atoms with Gasteiger partial charge in [0.1, 0.15) is 17.6 Å². The summed E-state index contributed by atoms with van der Waals surface area (Å²) in [5.74, 6) is -2.56. The second-order valence-electron chi connectivity index (χ2n) is 10.8. The topological polar surface area (TPSA) is 94.7 Å². The van der Waals surface area contributed by atoms with Gasteiger partial charge in [-0.2, -0.15) is 5.26 Å². The summed E-state index contributed by atoms with van der Waals surface area (Å²) in [6.07, 6.45) is 5.06. The zero-order valence-electron chi connectivity index (χ0n) is 24.0. The van der Waals surface area contributed by atoms with Crippen LogP contribution in [0.15, 0.2) is 60.9 Å². The molecule has 13 heteroatoms. The first-order valence-corrected chi connectivity index (χ1v) is 15.1. The number of nitriles is 1. The van der Waals surface area contributed by atoms with Crippen molar-refractivity contribution in [2.45, 2.75) is 31.8 Å². The molecule has 0 radical (unpaired) electrons. The number of nitrogens with zero attached hydrogens (tertiary/aromatic N) is 6. The first-order chi connectivity index (χ1) is 21.7. The van der Waals surface area contributed by atoms with Crippen molar-refractivity contribution < 1.29 is 13.2 Å². The van der Waals surface area contributed by atoms with E-state index in [4.69, 9.17) is 23.2 Å². The molecule has 3 aromatic carbocycles. The lowest BCUT2D eigenvalue weighted by Crippen LogP contribution is -2.34. The minimum Gasteiger partial charge on any atom is -0.371 e. The Balaban J connectivity index is 1.42. The number of likely N-dealkylation sites (tertiary alicyclic amines) is 1. The largest absolute Gasteiger partial charge is 0.371 e. The second kappa shape index (κ2) is 12.9. The first kappa shape index (κ1) is 30.6. The predicted octanol–water partition coefficient (Wildman–Crippen LogP) is 8.02. The smallest absolute Gasteiger partial charge is 0.159 e. The number of piperidine rings is 1. The first-order valence-electron chi connectivity index (χ1n) is 14.3. The third kappa shape index (κ3) is 6.40. The maximum Gasteiger partial charge on any atom is 0.159 e. The molecule has 3 heterocycles. The molecule has 6 rings (SSSR count). The van der Waals surface area contributed by atoms with Crippen molar-refractivity contribution in [3.05, 3.63) is 105 Å². The molecule has 0 saturated carbocycles. The fourth-order valence-electron chi connectivity index (χ4n) is 5.59. The lowest BCUT2D eigenvalue weighted by molar-refractivity contribution is 0.186. The number of nitrogens with one attached hydrogen (secondary N) is 2. The van der Waals surface area contributed by atoms with Gasteiger partial charge in [0.25, 0.3) is 0 Å². The van der Waals surface area contributed by atoms with E-state index in [0.29, 0.717) is 44.2 Å². The predicted molar refractivity (Wildman–Crippen MR) is 168 cm³/mol. The summed E-state index contributed by atoms with van der Waals surface area (Å²) in [7, 11) is 0. The standard InChI is InChI=1S/C32H27Cl2F3N8/c1-2-44-9-7-22(8-10-44)45-17-29(42-43-45)31(18-3-5-26(36)27(37)11-18)41-28-13-20(33)12-23-30(19(15-38)16-39-32(23)28)40-21-4-6-25(35)24(34)14-21/h3-6,11-14,16-17,22,31,41H,2,7-10H2,1H3,(H,39,40). The lowest BCUT2D eigenvalue weighted by atomic mass is 10.0. The Bertz CT molecular complexity index is 1920. The number of fused-ring (bicyclic) bond motifs is 1. The van der Waals surface area contributed by atoms with Gasteiger partial charge in [0.05, 0.1) is 45.8 Å². The average molecular weight is 652 g/mol. The van der Waals surface area contributed by atoms with Crippen LogP contribution in [0.25, 0.3) is 10.9 Å². The van der Waals surface area contributed by atoms with Crippen LogP contribution in [0, 0.1) is 28.8 Å². The highest BCUT2D eigenvalue weighted by atomic mass is 35.5. The Hall–Kier alpha value is -4.37. The number of benzene rings is 3. The van der Waals surface area contributed by atoms with E-state index in [2.05, 4.69) is 43.8 Å². The fraction of sp³-hybridized carbons (Fsp3) is 0.250. The van der Waals surface area contributed by atoms with E-state index in [0.717, 1.165) is 44.6 Å². The maximum atomic E-state index is 14.5. The van der Waals surface area contributed by atoms with Gasteiger partial charge in [0.15, 0.2) is 11.6 Å². The fourth-order valence-corrected chi connectivity index (χ4v) is 5.99. The summed E-state index contributed by atoms with van der Waals surface area (Å²) < 4.78 is 44.2. The van der Waals surface area contributed by atoms with Crippen LogP contribution in [0.4, 0.5) is 30.2 Å². The summed E-state index contributed by atoms with van der Waals surface area (Å²) in [4.78, 5) is 6.92. The third-order valence-corrected chi connectivity index (χ3v) is 8.53. The SMILES string of the molecule is CCN1CCC(n2cc(C(Nc3cc(Cl)cc4c(Nc5ccc(F)c(Cl)c5)c(C#N)cnc34)c3ccc(F)c(F)c3)nn2)CC1. The van der Waals surface area contributed by atoms with E-state index < -0.39 is 23.5 Å². The molecule has 1 aliphatic heterocycles.